The molecule has 1 fully saturated rings. The van der Waals surface area contributed by atoms with Gasteiger partial charge in [-0.1, -0.05) is 6.92 Å². The molecule has 0 saturated heterocycles. The van der Waals surface area contributed by atoms with Gasteiger partial charge >= 0.3 is 0 Å². The second-order valence-corrected chi connectivity index (χ2v) is 5.04. The standard InChI is InChI=1S/C11H23NOS/c1-4-10(8-14-3)12-11(7-13-2)9-5-6-9/h9-12H,4-8H2,1-3H3. The highest BCUT2D eigenvalue weighted by atomic mass is 32.2. The van der Waals surface area contributed by atoms with Crippen molar-refractivity contribution in [1.82, 2.24) is 5.32 Å². The Bertz CT molecular complexity index is 150. The van der Waals surface area contributed by atoms with Crippen molar-refractivity contribution in [3.63, 3.8) is 0 Å². The Kier molecular flexibility index (Phi) is 5.90. The monoisotopic (exact) mass is 217 g/mol. The summed E-state index contributed by atoms with van der Waals surface area (Å²) in [5, 5.41) is 3.72. The fourth-order valence-corrected chi connectivity index (χ4v) is 2.52. The van der Waals surface area contributed by atoms with Crippen molar-refractivity contribution in [2.75, 3.05) is 25.7 Å². The van der Waals surface area contributed by atoms with Crippen molar-refractivity contribution < 1.29 is 4.74 Å². The van der Waals surface area contributed by atoms with E-state index in [4.69, 9.17) is 4.74 Å². The molecule has 0 aromatic rings. The van der Waals surface area contributed by atoms with Gasteiger partial charge in [-0.05, 0) is 31.4 Å². The molecule has 0 aliphatic heterocycles. The van der Waals surface area contributed by atoms with Crippen molar-refractivity contribution in [3.05, 3.63) is 0 Å². The minimum Gasteiger partial charge on any atom is -0.383 e. The lowest BCUT2D eigenvalue weighted by Crippen LogP contribution is -2.43. The van der Waals surface area contributed by atoms with Crippen molar-refractivity contribution in [2.45, 2.75) is 38.3 Å². The average Bonchev–Trinajstić information content (AvgIpc) is 2.99. The summed E-state index contributed by atoms with van der Waals surface area (Å²) in [6, 6.07) is 1.25. The van der Waals surface area contributed by atoms with Gasteiger partial charge in [0, 0.05) is 24.9 Å². The van der Waals surface area contributed by atoms with Gasteiger partial charge < -0.3 is 10.1 Å². The summed E-state index contributed by atoms with van der Waals surface area (Å²) >= 11 is 1.92. The van der Waals surface area contributed by atoms with Gasteiger partial charge in [0.15, 0.2) is 0 Å². The molecule has 0 spiro atoms. The van der Waals surface area contributed by atoms with Crippen LogP contribution in [0.5, 0.6) is 0 Å². The molecule has 3 heteroatoms. The van der Waals surface area contributed by atoms with Gasteiger partial charge in [0.25, 0.3) is 0 Å². The van der Waals surface area contributed by atoms with Crippen molar-refractivity contribution in [3.8, 4) is 0 Å². The lowest BCUT2D eigenvalue weighted by atomic mass is 10.1. The molecular weight excluding hydrogens is 194 g/mol. The minimum atomic E-state index is 0.595. The van der Waals surface area contributed by atoms with Gasteiger partial charge in [-0.25, -0.2) is 0 Å². The minimum absolute atomic E-state index is 0.595. The number of thioether (sulfide) groups is 1. The van der Waals surface area contributed by atoms with Crippen molar-refractivity contribution in [1.29, 1.82) is 0 Å². The highest BCUT2D eigenvalue weighted by molar-refractivity contribution is 7.98. The number of hydrogen-bond donors (Lipinski definition) is 1. The highest BCUT2D eigenvalue weighted by Gasteiger charge is 2.31. The zero-order valence-corrected chi connectivity index (χ0v) is 10.4. The van der Waals surface area contributed by atoms with E-state index in [1.165, 1.54) is 25.0 Å². The van der Waals surface area contributed by atoms with Crippen LogP contribution >= 0.6 is 11.8 Å². The largest absolute Gasteiger partial charge is 0.383 e. The SMILES string of the molecule is CCC(CSC)NC(COC)C1CC1. The normalized spacial score (nSPS) is 20.8. The molecule has 0 aromatic carbocycles. The van der Waals surface area contributed by atoms with Crippen LogP contribution in [0, 0.1) is 5.92 Å². The lowest BCUT2D eigenvalue weighted by molar-refractivity contribution is 0.152. The van der Waals surface area contributed by atoms with Gasteiger partial charge in [-0.15, -0.1) is 0 Å². The van der Waals surface area contributed by atoms with E-state index in [9.17, 15) is 0 Å². The van der Waals surface area contributed by atoms with Gasteiger partial charge in [0.1, 0.15) is 0 Å². The van der Waals surface area contributed by atoms with Crippen LogP contribution in [0.3, 0.4) is 0 Å². The molecule has 1 aliphatic carbocycles. The third kappa shape index (κ3) is 4.20. The van der Waals surface area contributed by atoms with Crippen LogP contribution in [0.1, 0.15) is 26.2 Å². The van der Waals surface area contributed by atoms with E-state index >= 15 is 0 Å². The van der Waals surface area contributed by atoms with Crippen LogP contribution in [0.25, 0.3) is 0 Å². The molecule has 1 saturated carbocycles. The molecule has 1 aliphatic rings. The van der Waals surface area contributed by atoms with Crippen LogP contribution < -0.4 is 5.32 Å². The summed E-state index contributed by atoms with van der Waals surface area (Å²) in [6.45, 7) is 3.13. The molecular formula is C11H23NOS. The maximum atomic E-state index is 5.26. The van der Waals surface area contributed by atoms with Crippen LogP contribution in [-0.4, -0.2) is 37.8 Å². The molecule has 1 rings (SSSR count). The van der Waals surface area contributed by atoms with Gasteiger partial charge in [-0.3, -0.25) is 0 Å². The first-order valence-electron chi connectivity index (χ1n) is 5.55. The Morgan fingerprint density at radius 2 is 2.21 bits per heavy atom. The van der Waals surface area contributed by atoms with Crippen LogP contribution in [0.4, 0.5) is 0 Å². The van der Waals surface area contributed by atoms with E-state index in [0.717, 1.165) is 12.5 Å². The number of ether oxygens (including phenoxy) is 1. The summed E-state index contributed by atoms with van der Waals surface area (Å²) < 4.78 is 5.26. The predicted molar refractivity (Wildman–Crippen MR) is 64.0 cm³/mol. The first-order chi connectivity index (χ1) is 6.81. The Morgan fingerprint density at radius 1 is 1.50 bits per heavy atom. The van der Waals surface area contributed by atoms with Crippen molar-refractivity contribution >= 4 is 11.8 Å². The van der Waals surface area contributed by atoms with E-state index in [0.29, 0.717) is 12.1 Å². The molecule has 14 heavy (non-hydrogen) atoms. The average molecular weight is 217 g/mol. The fraction of sp³-hybridized carbons (Fsp3) is 1.00. The summed E-state index contributed by atoms with van der Waals surface area (Å²) in [6.07, 6.45) is 6.16. The number of rotatable bonds is 8. The second-order valence-electron chi connectivity index (χ2n) is 4.13. The van der Waals surface area contributed by atoms with Gasteiger partial charge in [0.2, 0.25) is 0 Å². The van der Waals surface area contributed by atoms with E-state index in [1.54, 1.807) is 7.11 Å². The second kappa shape index (κ2) is 6.70. The number of hydrogen-bond acceptors (Lipinski definition) is 3. The van der Waals surface area contributed by atoms with Crippen LogP contribution in [0.2, 0.25) is 0 Å². The van der Waals surface area contributed by atoms with Crippen LogP contribution in [0.15, 0.2) is 0 Å². The Balaban J connectivity index is 2.27. The third-order valence-corrected chi connectivity index (χ3v) is 3.58. The van der Waals surface area contributed by atoms with Gasteiger partial charge in [-0.2, -0.15) is 11.8 Å². The van der Waals surface area contributed by atoms with Crippen LogP contribution in [-0.2, 0) is 4.74 Å². The van der Waals surface area contributed by atoms with Crippen molar-refractivity contribution in [2.24, 2.45) is 5.92 Å². The van der Waals surface area contributed by atoms with E-state index in [2.05, 4.69) is 18.5 Å². The Hall–Kier alpha value is 0.270. The topological polar surface area (TPSA) is 21.3 Å². The van der Waals surface area contributed by atoms with Gasteiger partial charge in [0.05, 0.1) is 6.61 Å². The molecule has 1 N–H and O–H groups in total. The zero-order valence-electron chi connectivity index (χ0n) is 9.58. The quantitative estimate of drug-likeness (QED) is 0.673. The number of nitrogens with one attached hydrogen (secondary N) is 1. The molecule has 84 valence electrons. The molecule has 2 nitrogen and oxygen atoms in total. The summed E-state index contributed by atoms with van der Waals surface area (Å²) in [5.74, 6) is 2.09. The summed E-state index contributed by atoms with van der Waals surface area (Å²) in [7, 11) is 1.80. The fourth-order valence-electron chi connectivity index (χ4n) is 1.79. The maximum absolute atomic E-state index is 5.26. The van der Waals surface area contributed by atoms with E-state index in [1.807, 2.05) is 11.8 Å². The first kappa shape index (κ1) is 12.3. The predicted octanol–water partition coefficient (Wildman–Crippen LogP) is 2.14. The lowest BCUT2D eigenvalue weighted by Gasteiger charge is -2.24. The molecule has 2 atom stereocenters. The molecule has 2 unspecified atom stereocenters. The molecule has 0 aromatic heterocycles. The maximum Gasteiger partial charge on any atom is 0.0618 e. The summed E-state index contributed by atoms with van der Waals surface area (Å²) in [5.41, 5.74) is 0. The molecule has 0 bridgehead atoms. The highest BCUT2D eigenvalue weighted by Crippen LogP contribution is 2.33. The third-order valence-electron chi connectivity index (χ3n) is 2.85. The zero-order chi connectivity index (χ0) is 10.4. The molecule has 0 amide bonds. The summed E-state index contributed by atoms with van der Waals surface area (Å²) in [4.78, 5) is 0. The smallest absolute Gasteiger partial charge is 0.0618 e. The van der Waals surface area contributed by atoms with E-state index < -0.39 is 0 Å². The number of methoxy groups -OCH3 is 1. The van der Waals surface area contributed by atoms with E-state index in [-0.39, 0.29) is 0 Å². The molecule has 0 heterocycles. The molecule has 0 radical (unpaired) electrons. The first-order valence-corrected chi connectivity index (χ1v) is 6.95. The Morgan fingerprint density at radius 3 is 2.64 bits per heavy atom. The Labute approximate surface area is 92.2 Å².